The number of benzene rings is 1. The van der Waals surface area contributed by atoms with Crippen molar-refractivity contribution in [2.75, 3.05) is 6.54 Å². The fourth-order valence-corrected chi connectivity index (χ4v) is 4.25. The summed E-state index contributed by atoms with van der Waals surface area (Å²) in [6.07, 6.45) is 8.19. The molecule has 7 heteroatoms. The summed E-state index contributed by atoms with van der Waals surface area (Å²) in [6.45, 7) is 0.0768. The molecular formula is C17H25ClN2O3S. The van der Waals surface area contributed by atoms with Crippen LogP contribution in [0.5, 0.6) is 0 Å². The summed E-state index contributed by atoms with van der Waals surface area (Å²) < 4.78 is 26.7. The Kier molecular flexibility index (Phi) is 7.52. The van der Waals surface area contributed by atoms with Crippen molar-refractivity contribution in [1.29, 1.82) is 0 Å². The molecular weight excluding hydrogens is 348 g/mol. The number of hydrogen-bond acceptors (Lipinski definition) is 3. The lowest BCUT2D eigenvalue weighted by molar-refractivity contribution is -0.121. The van der Waals surface area contributed by atoms with Gasteiger partial charge < -0.3 is 5.32 Å². The predicted octanol–water partition coefficient (Wildman–Crippen LogP) is 3.24. The van der Waals surface area contributed by atoms with Gasteiger partial charge in [-0.2, -0.15) is 0 Å². The van der Waals surface area contributed by atoms with Crippen molar-refractivity contribution < 1.29 is 13.2 Å². The summed E-state index contributed by atoms with van der Waals surface area (Å²) in [6, 6.07) is 6.28. The largest absolute Gasteiger partial charge is 0.353 e. The lowest BCUT2D eigenvalue weighted by Crippen LogP contribution is -2.37. The number of sulfonamides is 1. The van der Waals surface area contributed by atoms with Crippen LogP contribution < -0.4 is 10.0 Å². The van der Waals surface area contributed by atoms with E-state index in [-0.39, 0.29) is 29.8 Å². The molecule has 0 aliphatic heterocycles. The molecule has 0 saturated heterocycles. The highest BCUT2D eigenvalue weighted by Crippen LogP contribution is 2.17. The molecule has 24 heavy (non-hydrogen) atoms. The van der Waals surface area contributed by atoms with E-state index in [9.17, 15) is 13.2 Å². The van der Waals surface area contributed by atoms with Crippen molar-refractivity contribution >= 4 is 27.5 Å². The average molecular weight is 373 g/mol. The lowest BCUT2D eigenvalue weighted by Gasteiger charge is -2.21. The molecule has 0 heterocycles. The SMILES string of the molecule is O=C(CCNS(=O)(=O)c1cccc(Cl)c1)NC1CCCCCCC1. The molecule has 1 saturated carbocycles. The number of carbonyl (C=O) groups is 1. The Labute approximate surface area is 149 Å². The fourth-order valence-electron chi connectivity index (χ4n) is 2.92. The number of rotatable bonds is 6. The molecule has 1 aliphatic carbocycles. The van der Waals surface area contributed by atoms with E-state index in [1.54, 1.807) is 12.1 Å². The molecule has 1 aliphatic rings. The van der Waals surface area contributed by atoms with Crippen LogP contribution in [-0.4, -0.2) is 26.9 Å². The van der Waals surface area contributed by atoms with Gasteiger partial charge in [-0.05, 0) is 31.0 Å². The predicted molar refractivity (Wildman–Crippen MR) is 95.5 cm³/mol. The summed E-state index contributed by atoms with van der Waals surface area (Å²) in [5.74, 6) is -0.102. The Morgan fingerprint density at radius 1 is 1.12 bits per heavy atom. The van der Waals surface area contributed by atoms with Crippen LogP contribution in [-0.2, 0) is 14.8 Å². The third kappa shape index (κ3) is 6.42. The summed E-state index contributed by atoms with van der Waals surface area (Å²) in [7, 11) is -3.64. The van der Waals surface area contributed by atoms with Gasteiger partial charge in [-0.1, -0.05) is 49.8 Å². The van der Waals surface area contributed by atoms with Gasteiger partial charge >= 0.3 is 0 Å². The molecule has 5 nitrogen and oxygen atoms in total. The van der Waals surface area contributed by atoms with Gasteiger partial charge in [0.1, 0.15) is 0 Å². The van der Waals surface area contributed by atoms with E-state index < -0.39 is 10.0 Å². The maximum Gasteiger partial charge on any atom is 0.240 e. The van der Waals surface area contributed by atoms with Gasteiger partial charge in [0.05, 0.1) is 4.90 Å². The van der Waals surface area contributed by atoms with Crippen LogP contribution in [0.15, 0.2) is 29.2 Å². The zero-order valence-electron chi connectivity index (χ0n) is 13.8. The smallest absolute Gasteiger partial charge is 0.240 e. The van der Waals surface area contributed by atoms with E-state index in [2.05, 4.69) is 10.0 Å². The minimum atomic E-state index is -3.64. The molecule has 2 N–H and O–H groups in total. The normalized spacial score (nSPS) is 17.0. The quantitative estimate of drug-likeness (QED) is 0.804. The van der Waals surface area contributed by atoms with Crippen molar-refractivity contribution in [3.8, 4) is 0 Å². The molecule has 2 rings (SSSR count). The Bertz CT molecular complexity index is 641. The van der Waals surface area contributed by atoms with E-state index >= 15 is 0 Å². The highest BCUT2D eigenvalue weighted by Gasteiger charge is 2.16. The Morgan fingerprint density at radius 3 is 2.46 bits per heavy atom. The van der Waals surface area contributed by atoms with Crippen molar-refractivity contribution in [3.63, 3.8) is 0 Å². The standard InChI is InChI=1S/C17H25ClN2O3S/c18-14-7-6-10-16(13-14)24(22,23)19-12-11-17(21)20-15-8-4-2-1-3-5-9-15/h6-7,10,13,15,19H,1-5,8-9,11-12H2,(H,20,21). The van der Waals surface area contributed by atoms with Crippen LogP contribution in [0.4, 0.5) is 0 Å². The number of nitrogens with one attached hydrogen (secondary N) is 2. The van der Waals surface area contributed by atoms with Crippen LogP contribution >= 0.6 is 11.6 Å². The number of amides is 1. The lowest BCUT2D eigenvalue weighted by atomic mass is 9.96. The van der Waals surface area contributed by atoms with Crippen LogP contribution in [0, 0.1) is 0 Å². The van der Waals surface area contributed by atoms with E-state index in [4.69, 9.17) is 11.6 Å². The molecule has 0 spiro atoms. The van der Waals surface area contributed by atoms with Gasteiger partial charge in [-0.3, -0.25) is 4.79 Å². The molecule has 0 bridgehead atoms. The summed E-state index contributed by atoms with van der Waals surface area (Å²) in [4.78, 5) is 12.1. The van der Waals surface area contributed by atoms with E-state index in [1.165, 1.54) is 31.4 Å². The van der Waals surface area contributed by atoms with Gasteiger partial charge in [-0.25, -0.2) is 13.1 Å². The van der Waals surface area contributed by atoms with Crippen molar-refractivity contribution in [2.45, 2.75) is 62.3 Å². The average Bonchev–Trinajstić information content (AvgIpc) is 2.49. The maximum absolute atomic E-state index is 12.1. The third-order valence-electron chi connectivity index (χ3n) is 4.22. The van der Waals surface area contributed by atoms with Gasteiger partial charge in [0, 0.05) is 24.0 Å². The zero-order chi connectivity index (χ0) is 17.4. The molecule has 1 fully saturated rings. The second-order valence-corrected chi connectivity index (χ2v) is 8.42. The zero-order valence-corrected chi connectivity index (χ0v) is 15.3. The van der Waals surface area contributed by atoms with Gasteiger partial charge in [-0.15, -0.1) is 0 Å². The summed E-state index contributed by atoms with van der Waals surface area (Å²) >= 11 is 5.81. The monoisotopic (exact) mass is 372 g/mol. The topological polar surface area (TPSA) is 75.3 Å². The summed E-state index contributed by atoms with van der Waals surface area (Å²) in [5.41, 5.74) is 0. The number of hydrogen-bond donors (Lipinski definition) is 2. The first-order chi connectivity index (χ1) is 11.5. The van der Waals surface area contributed by atoms with E-state index in [1.807, 2.05) is 0 Å². The van der Waals surface area contributed by atoms with Crippen LogP contribution in [0.2, 0.25) is 5.02 Å². The van der Waals surface area contributed by atoms with Crippen LogP contribution in [0.3, 0.4) is 0 Å². The van der Waals surface area contributed by atoms with Crippen molar-refractivity contribution in [3.05, 3.63) is 29.3 Å². The molecule has 1 aromatic rings. The Morgan fingerprint density at radius 2 is 1.79 bits per heavy atom. The molecule has 1 aromatic carbocycles. The van der Waals surface area contributed by atoms with Gasteiger partial charge in [0.2, 0.25) is 15.9 Å². The van der Waals surface area contributed by atoms with Gasteiger partial charge in [0.15, 0.2) is 0 Å². The molecule has 0 unspecified atom stereocenters. The van der Waals surface area contributed by atoms with Crippen LogP contribution in [0.1, 0.15) is 51.4 Å². The maximum atomic E-state index is 12.1. The first-order valence-corrected chi connectivity index (χ1v) is 10.4. The minimum Gasteiger partial charge on any atom is -0.353 e. The third-order valence-corrected chi connectivity index (χ3v) is 5.91. The van der Waals surface area contributed by atoms with E-state index in [0.717, 1.165) is 25.7 Å². The summed E-state index contributed by atoms with van der Waals surface area (Å²) in [5, 5.41) is 3.39. The van der Waals surface area contributed by atoms with Crippen LogP contribution in [0.25, 0.3) is 0 Å². The second kappa shape index (κ2) is 9.39. The number of carbonyl (C=O) groups excluding carboxylic acids is 1. The Hall–Kier alpha value is -1.11. The molecule has 0 radical (unpaired) electrons. The van der Waals surface area contributed by atoms with Crippen molar-refractivity contribution in [1.82, 2.24) is 10.0 Å². The van der Waals surface area contributed by atoms with Crippen molar-refractivity contribution in [2.24, 2.45) is 0 Å². The van der Waals surface area contributed by atoms with Gasteiger partial charge in [0.25, 0.3) is 0 Å². The number of halogens is 1. The highest BCUT2D eigenvalue weighted by molar-refractivity contribution is 7.89. The molecule has 134 valence electrons. The molecule has 1 amide bonds. The first-order valence-electron chi connectivity index (χ1n) is 8.52. The molecule has 0 atom stereocenters. The highest BCUT2D eigenvalue weighted by atomic mass is 35.5. The second-order valence-electron chi connectivity index (χ2n) is 6.21. The van der Waals surface area contributed by atoms with E-state index in [0.29, 0.717) is 5.02 Å². The minimum absolute atomic E-state index is 0.0768. The molecule has 0 aromatic heterocycles. The first kappa shape index (κ1) is 19.2. The fraction of sp³-hybridized carbons (Fsp3) is 0.588. The Balaban J connectivity index is 1.77.